The zero-order chi connectivity index (χ0) is 11.5. The molecule has 15 heavy (non-hydrogen) atoms. The van der Waals surface area contributed by atoms with Crippen LogP contribution in [0.5, 0.6) is 0 Å². The molecule has 0 saturated carbocycles. The first kappa shape index (κ1) is 12.0. The standard InChI is InChI=1S/C10H16N2O2S/c1-3-15(13,14)12-10-6-4-9(5-7-10)8(2)11/h4-8,12H,3,11H2,1-2H3/t8-/m0/s1. The quantitative estimate of drug-likeness (QED) is 0.819. The summed E-state index contributed by atoms with van der Waals surface area (Å²) in [6.07, 6.45) is 0. The van der Waals surface area contributed by atoms with E-state index in [0.717, 1.165) is 5.56 Å². The van der Waals surface area contributed by atoms with Crippen molar-refractivity contribution in [3.63, 3.8) is 0 Å². The molecule has 4 nitrogen and oxygen atoms in total. The molecule has 5 heteroatoms. The van der Waals surface area contributed by atoms with Crippen LogP contribution in [0.4, 0.5) is 5.69 Å². The van der Waals surface area contributed by atoms with Gasteiger partial charge in [-0.1, -0.05) is 12.1 Å². The Morgan fingerprint density at radius 1 is 1.33 bits per heavy atom. The van der Waals surface area contributed by atoms with Crippen LogP contribution in [0.15, 0.2) is 24.3 Å². The molecule has 3 N–H and O–H groups in total. The maximum absolute atomic E-state index is 11.3. The van der Waals surface area contributed by atoms with Crippen LogP contribution in [0.25, 0.3) is 0 Å². The van der Waals surface area contributed by atoms with Crippen molar-refractivity contribution >= 4 is 15.7 Å². The van der Waals surface area contributed by atoms with Crippen molar-refractivity contribution in [2.75, 3.05) is 10.5 Å². The van der Waals surface area contributed by atoms with E-state index < -0.39 is 10.0 Å². The first-order valence-corrected chi connectivity index (χ1v) is 6.46. The van der Waals surface area contributed by atoms with Crippen LogP contribution in [0.1, 0.15) is 25.5 Å². The van der Waals surface area contributed by atoms with Crippen molar-refractivity contribution in [3.8, 4) is 0 Å². The molecule has 84 valence electrons. The summed E-state index contributed by atoms with van der Waals surface area (Å²) in [5.74, 6) is 0.0715. The molecule has 0 unspecified atom stereocenters. The Morgan fingerprint density at radius 2 is 1.87 bits per heavy atom. The smallest absolute Gasteiger partial charge is 0.232 e. The summed E-state index contributed by atoms with van der Waals surface area (Å²) in [6, 6.07) is 7.02. The SMILES string of the molecule is CCS(=O)(=O)Nc1ccc([C@H](C)N)cc1. The van der Waals surface area contributed by atoms with Crippen molar-refractivity contribution < 1.29 is 8.42 Å². The number of hydrogen-bond acceptors (Lipinski definition) is 3. The van der Waals surface area contributed by atoms with Crippen LogP contribution in [-0.4, -0.2) is 14.2 Å². The van der Waals surface area contributed by atoms with Gasteiger partial charge in [0.1, 0.15) is 0 Å². The Morgan fingerprint density at radius 3 is 2.27 bits per heavy atom. The third-order valence-electron chi connectivity index (χ3n) is 2.09. The highest BCUT2D eigenvalue weighted by Gasteiger charge is 2.06. The molecule has 0 heterocycles. The van der Waals surface area contributed by atoms with Crippen molar-refractivity contribution in [3.05, 3.63) is 29.8 Å². The third-order valence-corrected chi connectivity index (χ3v) is 3.40. The number of hydrogen-bond donors (Lipinski definition) is 2. The van der Waals surface area contributed by atoms with Gasteiger partial charge in [-0.25, -0.2) is 8.42 Å². The van der Waals surface area contributed by atoms with Gasteiger partial charge in [0, 0.05) is 11.7 Å². The minimum absolute atomic E-state index is 0.0400. The predicted octanol–water partition coefficient (Wildman–Crippen LogP) is 1.47. The van der Waals surface area contributed by atoms with E-state index in [1.165, 1.54) is 0 Å². The van der Waals surface area contributed by atoms with Crippen LogP contribution >= 0.6 is 0 Å². The van der Waals surface area contributed by atoms with E-state index in [2.05, 4.69) is 4.72 Å². The number of anilines is 1. The number of nitrogens with two attached hydrogens (primary N) is 1. The Hall–Kier alpha value is -1.07. The van der Waals surface area contributed by atoms with Gasteiger partial charge in [-0.3, -0.25) is 4.72 Å². The maximum Gasteiger partial charge on any atom is 0.232 e. The zero-order valence-corrected chi connectivity index (χ0v) is 9.71. The fourth-order valence-electron chi connectivity index (χ4n) is 1.11. The van der Waals surface area contributed by atoms with Gasteiger partial charge in [0.25, 0.3) is 0 Å². The van der Waals surface area contributed by atoms with Crippen molar-refractivity contribution in [1.29, 1.82) is 0 Å². The summed E-state index contributed by atoms with van der Waals surface area (Å²) in [5, 5.41) is 0. The molecule has 0 fully saturated rings. The molecule has 0 aliphatic heterocycles. The highest BCUT2D eigenvalue weighted by molar-refractivity contribution is 7.92. The second kappa shape index (κ2) is 4.63. The van der Waals surface area contributed by atoms with E-state index in [1.54, 1.807) is 19.1 Å². The molecular formula is C10H16N2O2S. The summed E-state index contributed by atoms with van der Waals surface area (Å²) >= 11 is 0. The molecule has 0 aliphatic rings. The number of sulfonamides is 1. The maximum atomic E-state index is 11.3. The predicted molar refractivity (Wildman–Crippen MR) is 62.1 cm³/mol. The summed E-state index contributed by atoms with van der Waals surface area (Å²) in [5.41, 5.74) is 7.23. The first-order chi connectivity index (χ1) is 6.94. The largest absolute Gasteiger partial charge is 0.324 e. The highest BCUT2D eigenvalue weighted by Crippen LogP contribution is 2.15. The van der Waals surface area contributed by atoms with E-state index in [0.29, 0.717) is 5.69 Å². The van der Waals surface area contributed by atoms with E-state index in [1.807, 2.05) is 19.1 Å². The summed E-state index contributed by atoms with van der Waals surface area (Å²) in [4.78, 5) is 0. The van der Waals surface area contributed by atoms with Gasteiger partial charge in [0.2, 0.25) is 10.0 Å². The molecule has 1 rings (SSSR count). The number of benzene rings is 1. The van der Waals surface area contributed by atoms with Gasteiger partial charge < -0.3 is 5.73 Å². The molecule has 0 radical (unpaired) electrons. The van der Waals surface area contributed by atoms with E-state index in [9.17, 15) is 8.42 Å². The van der Waals surface area contributed by atoms with Gasteiger partial charge >= 0.3 is 0 Å². The van der Waals surface area contributed by atoms with Crippen molar-refractivity contribution in [2.45, 2.75) is 19.9 Å². The third kappa shape index (κ3) is 3.53. The minimum Gasteiger partial charge on any atom is -0.324 e. The summed E-state index contributed by atoms with van der Waals surface area (Å²) < 4.78 is 25.0. The van der Waals surface area contributed by atoms with Gasteiger partial charge in [0.15, 0.2) is 0 Å². The second-order valence-corrected chi connectivity index (χ2v) is 5.43. The second-order valence-electron chi connectivity index (χ2n) is 3.42. The minimum atomic E-state index is -3.19. The van der Waals surface area contributed by atoms with Crippen LogP contribution < -0.4 is 10.5 Å². The highest BCUT2D eigenvalue weighted by atomic mass is 32.2. The fraction of sp³-hybridized carbons (Fsp3) is 0.400. The van der Waals surface area contributed by atoms with Gasteiger partial charge in [-0.15, -0.1) is 0 Å². The molecule has 1 atom stereocenters. The molecule has 1 aromatic rings. The topological polar surface area (TPSA) is 72.2 Å². The molecule has 0 saturated heterocycles. The van der Waals surface area contributed by atoms with Crippen molar-refractivity contribution in [1.82, 2.24) is 0 Å². The lowest BCUT2D eigenvalue weighted by Gasteiger charge is -2.08. The summed E-state index contributed by atoms with van der Waals surface area (Å²) in [7, 11) is -3.19. The molecular weight excluding hydrogens is 212 g/mol. The van der Waals surface area contributed by atoms with Crippen LogP contribution in [0.3, 0.4) is 0 Å². The van der Waals surface area contributed by atoms with Gasteiger partial charge in [-0.2, -0.15) is 0 Å². The first-order valence-electron chi connectivity index (χ1n) is 4.80. The van der Waals surface area contributed by atoms with Crippen LogP contribution in [-0.2, 0) is 10.0 Å². The van der Waals surface area contributed by atoms with E-state index in [-0.39, 0.29) is 11.8 Å². The monoisotopic (exact) mass is 228 g/mol. The normalized spacial score (nSPS) is 13.5. The Kier molecular flexibility index (Phi) is 3.71. The lowest BCUT2D eigenvalue weighted by Crippen LogP contribution is -2.14. The number of nitrogens with one attached hydrogen (secondary N) is 1. The average Bonchev–Trinajstić information content (AvgIpc) is 2.18. The lowest BCUT2D eigenvalue weighted by atomic mass is 10.1. The van der Waals surface area contributed by atoms with Crippen LogP contribution in [0.2, 0.25) is 0 Å². The lowest BCUT2D eigenvalue weighted by molar-refractivity contribution is 0.602. The summed E-state index contributed by atoms with van der Waals surface area (Å²) in [6.45, 7) is 3.48. The molecule has 0 aliphatic carbocycles. The van der Waals surface area contributed by atoms with Gasteiger partial charge in [-0.05, 0) is 31.5 Å². The van der Waals surface area contributed by atoms with E-state index >= 15 is 0 Å². The molecule has 0 bridgehead atoms. The average molecular weight is 228 g/mol. The Balaban J connectivity index is 2.82. The molecule has 0 spiro atoms. The van der Waals surface area contributed by atoms with Gasteiger partial charge in [0.05, 0.1) is 5.75 Å². The van der Waals surface area contributed by atoms with Crippen molar-refractivity contribution in [2.24, 2.45) is 5.73 Å². The van der Waals surface area contributed by atoms with E-state index in [4.69, 9.17) is 5.73 Å². The molecule has 1 aromatic carbocycles. The fourth-order valence-corrected chi connectivity index (χ4v) is 1.75. The molecule has 0 amide bonds. The Bertz CT molecular complexity index is 410. The molecule has 0 aromatic heterocycles. The number of rotatable bonds is 4. The van der Waals surface area contributed by atoms with Crippen LogP contribution in [0, 0.1) is 0 Å². The zero-order valence-electron chi connectivity index (χ0n) is 8.90. The Labute approximate surface area is 90.5 Å².